The quantitative estimate of drug-likeness (QED) is 0.0213. The summed E-state index contributed by atoms with van der Waals surface area (Å²) < 4.78 is 35.3. The van der Waals surface area contributed by atoms with Crippen LogP contribution in [0.1, 0.15) is 271 Å². The van der Waals surface area contributed by atoms with Gasteiger partial charge in [0.05, 0.1) is 34.4 Å². The Kier molecular flexibility index (Phi) is 54.6. The fraction of sp³-hybridized carbons (Fsp3) is 0.797. The predicted octanol–water partition coefficient (Wildman–Crippen LogP) is 19.7. The maximum absolute atomic E-state index is 12.8. The Labute approximate surface area is 453 Å². The van der Waals surface area contributed by atoms with Crippen LogP contribution in [0.3, 0.4) is 0 Å². The molecule has 0 bridgehead atoms. The van der Waals surface area contributed by atoms with Crippen molar-refractivity contribution in [2.45, 2.75) is 277 Å². The molecule has 0 radical (unpaired) electrons. The Bertz CT molecular complexity index is 1400. The van der Waals surface area contributed by atoms with E-state index in [2.05, 4.69) is 86.8 Å². The number of phosphoric acid groups is 1. The summed E-state index contributed by atoms with van der Waals surface area (Å²) in [7, 11) is 1.66. The third-order valence-electron chi connectivity index (χ3n) is 13.3. The number of phosphoric ester groups is 1. The molecule has 0 aliphatic heterocycles. The van der Waals surface area contributed by atoms with Crippen molar-refractivity contribution in [3.8, 4) is 0 Å². The van der Waals surface area contributed by atoms with Gasteiger partial charge in [0.15, 0.2) is 0 Å². The molecule has 0 heterocycles. The Morgan fingerprint density at radius 2 is 0.795 bits per heavy atom. The van der Waals surface area contributed by atoms with Gasteiger partial charge in [-0.25, -0.2) is 4.57 Å². The average molecular weight is 1050 g/mol. The van der Waals surface area contributed by atoms with Crippen LogP contribution in [0.15, 0.2) is 72.9 Å². The van der Waals surface area contributed by atoms with Crippen molar-refractivity contribution in [3.63, 3.8) is 0 Å². The number of esters is 1. The van der Waals surface area contributed by atoms with Crippen molar-refractivity contribution in [3.05, 3.63) is 72.9 Å². The largest absolute Gasteiger partial charge is 0.472 e. The molecule has 8 nitrogen and oxygen atoms in total. The summed E-state index contributed by atoms with van der Waals surface area (Å²) in [5.74, 6) is -0.318. The number of likely N-dealkylation sites (N-methyl/N-ethyl adjacent to an activating group) is 1. The zero-order valence-electron chi connectivity index (χ0n) is 48.6. The number of hydrogen-bond donors (Lipinski definition) is 1. The Balaban J connectivity index is 4.05. The number of rotatable bonds is 57. The van der Waals surface area contributed by atoms with E-state index in [0.29, 0.717) is 24.1 Å². The highest BCUT2D eigenvalue weighted by molar-refractivity contribution is 7.47. The van der Waals surface area contributed by atoms with Gasteiger partial charge in [-0.1, -0.05) is 254 Å². The van der Waals surface area contributed by atoms with Crippen molar-refractivity contribution in [1.82, 2.24) is 0 Å². The molecule has 2 atom stereocenters. The predicted molar refractivity (Wildman–Crippen MR) is 316 cm³/mol. The molecule has 0 aliphatic carbocycles. The lowest BCUT2D eigenvalue weighted by atomic mass is 10.0. The lowest BCUT2D eigenvalue weighted by molar-refractivity contribution is -0.870. The molecule has 0 aromatic rings. The first-order chi connectivity index (χ1) is 35.6. The van der Waals surface area contributed by atoms with E-state index in [1.54, 1.807) is 0 Å². The number of unbranched alkanes of at least 4 members (excludes halogenated alkanes) is 31. The topological polar surface area (TPSA) is 91.3 Å². The van der Waals surface area contributed by atoms with Crippen molar-refractivity contribution < 1.29 is 37.3 Å². The zero-order valence-corrected chi connectivity index (χ0v) is 49.5. The van der Waals surface area contributed by atoms with E-state index in [1.807, 2.05) is 21.1 Å². The number of nitrogens with zero attached hydrogens (tertiary/aromatic N) is 1. The molecule has 0 fully saturated rings. The monoisotopic (exact) mass is 1040 g/mol. The first-order valence-electron chi connectivity index (χ1n) is 30.7. The normalized spacial score (nSPS) is 13.9. The molecule has 0 saturated carbocycles. The first kappa shape index (κ1) is 70.9. The molecule has 0 aromatic carbocycles. The summed E-state index contributed by atoms with van der Waals surface area (Å²) in [6.07, 6.45) is 75.5. The van der Waals surface area contributed by atoms with Gasteiger partial charge in [0.2, 0.25) is 0 Å². The number of hydrogen-bond acceptors (Lipinski definition) is 6. The highest BCUT2D eigenvalue weighted by atomic mass is 31.2. The van der Waals surface area contributed by atoms with Gasteiger partial charge in [-0.3, -0.25) is 13.8 Å². The number of quaternary nitrogens is 1. The van der Waals surface area contributed by atoms with Crippen molar-refractivity contribution in [1.29, 1.82) is 0 Å². The van der Waals surface area contributed by atoms with Gasteiger partial charge >= 0.3 is 13.8 Å². The van der Waals surface area contributed by atoms with Gasteiger partial charge in [-0.15, -0.1) is 0 Å². The number of carbonyl (C=O) groups is 1. The molecule has 0 rings (SSSR count). The van der Waals surface area contributed by atoms with E-state index in [4.69, 9.17) is 18.5 Å². The minimum Gasteiger partial charge on any atom is -0.457 e. The summed E-state index contributed by atoms with van der Waals surface area (Å²) in [5.41, 5.74) is 0. The highest BCUT2D eigenvalue weighted by Crippen LogP contribution is 2.43. The molecular weight excluding hydrogens is 926 g/mol. The van der Waals surface area contributed by atoms with Crippen LogP contribution in [0, 0.1) is 0 Å². The highest BCUT2D eigenvalue weighted by Gasteiger charge is 2.26. The third kappa shape index (κ3) is 60.7. The molecule has 0 saturated heterocycles. The molecule has 2 unspecified atom stereocenters. The Morgan fingerprint density at radius 1 is 0.438 bits per heavy atom. The molecule has 0 spiro atoms. The fourth-order valence-corrected chi connectivity index (χ4v) is 9.32. The maximum Gasteiger partial charge on any atom is 0.472 e. The van der Waals surface area contributed by atoms with Gasteiger partial charge in [0, 0.05) is 13.0 Å². The second-order valence-electron chi connectivity index (χ2n) is 21.7. The molecule has 0 amide bonds. The number of allylic oxidation sites excluding steroid dienone is 12. The van der Waals surface area contributed by atoms with Gasteiger partial charge in [0.25, 0.3) is 0 Å². The van der Waals surface area contributed by atoms with E-state index < -0.39 is 13.9 Å². The first-order valence-corrected chi connectivity index (χ1v) is 32.2. The van der Waals surface area contributed by atoms with Crippen molar-refractivity contribution in [2.75, 3.05) is 54.1 Å². The average Bonchev–Trinajstić information content (AvgIpc) is 3.35. The van der Waals surface area contributed by atoms with Crippen LogP contribution in [0.25, 0.3) is 0 Å². The summed E-state index contributed by atoms with van der Waals surface area (Å²) in [6, 6.07) is 0. The van der Waals surface area contributed by atoms with Gasteiger partial charge in [-0.2, -0.15) is 0 Å². The van der Waals surface area contributed by atoms with Gasteiger partial charge < -0.3 is 18.9 Å². The molecule has 0 aromatic heterocycles. The molecular formula is C64H119NO7P+. The smallest absolute Gasteiger partial charge is 0.457 e. The molecule has 0 aliphatic rings. The SMILES string of the molecule is CC/C=C\C/C=C\C/C=C\C/C=C\C/C=C\CCCCCCCCCCCC(=O)OC(COCCCCCCCCCCCCCCCC/C=C\CCCCCCCCCC)COP(=O)(O)OCC[N+](C)(C)C. The van der Waals surface area contributed by atoms with Crippen LogP contribution in [-0.4, -0.2) is 75.6 Å². The van der Waals surface area contributed by atoms with Crippen LogP contribution in [0.2, 0.25) is 0 Å². The van der Waals surface area contributed by atoms with Crippen molar-refractivity contribution in [2.24, 2.45) is 0 Å². The summed E-state index contributed by atoms with van der Waals surface area (Å²) in [4.78, 5) is 23.1. The van der Waals surface area contributed by atoms with E-state index in [1.165, 1.54) is 180 Å². The molecule has 426 valence electrons. The van der Waals surface area contributed by atoms with Crippen LogP contribution >= 0.6 is 7.82 Å². The lowest BCUT2D eigenvalue weighted by Gasteiger charge is -2.24. The minimum absolute atomic E-state index is 0.0854. The summed E-state index contributed by atoms with van der Waals surface area (Å²) in [5, 5.41) is 0. The van der Waals surface area contributed by atoms with Crippen LogP contribution < -0.4 is 0 Å². The van der Waals surface area contributed by atoms with E-state index in [0.717, 1.165) is 70.6 Å². The van der Waals surface area contributed by atoms with E-state index >= 15 is 0 Å². The van der Waals surface area contributed by atoms with Crippen LogP contribution in [0.4, 0.5) is 0 Å². The summed E-state index contributed by atoms with van der Waals surface area (Å²) >= 11 is 0. The number of ether oxygens (including phenoxy) is 2. The van der Waals surface area contributed by atoms with Gasteiger partial charge in [0.1, 0.15) is 19.3 Å². The zero-order chi connectivity index (χ0) is 53.3. The Morgan fingerprint density at radius 3 is 1.21 bits per heavy atom. The van der Waals surface area contributed by atoms with E-state index in [9.17, 15) is 14.3 Å². The number of carbonyl (C=O) groups excluding carboxylic acids is 1. The van der Waals surface area contributed by atoms with Gasteiger partial charge in [-0.05, 0) is 83.5 Å². The standard InChI is InChI=1S/C64H118NO7P/c1-6-8-10-12-14-16-18-20-22-24-26-28-30-32-34-36-38-40-42-44-46-48-50-52-54-56-59-69-61-63(62-71-73(67,68)70-60-58-65(3,4)5)72-64(66)57-55-53-51-49-47-45-43-41-39-37-35-33-31-29-27-25-23-21-19-17-15-13-11-9-7-2/h9,11,15,17,21,23-24,26-27,29,33,35,63H,6-8,10,12-14,16,18-20,22,25,28,30-32,34,36-62H2,1-5H3/p+1/b11-9-,17-15-,23-21-,26-24-,29-27-,35-33-. The fourth-order valence-electron chi connectivity index (χ4n) is 8.58. The summed E-state index contributed by atoms with van der Waals surface area (Å²) in [6.45, 7) is 5.54. The minimum atomic E-state index is -4.29. The van der Waals surface area contributed by atoms with Crippen molar-refractivity contribution >= 4 is 13.8 Å². The third-order valence-corrected chi connectivity index (χ3v) is 14.2. The molecule has 9 heteroatoms. The van der Waals surface area contributed by atoms with Crippen LogP contribution in [-0.2, 0) is 27.9 Å². The van der Waals surface area contributed by atoms with Crippen LogP contribution in [0.5, 0.6) is 0 Å². The maximum atomic E-state index is 12.8. The molecule has 73 heavy (non-hydrogen) atoms. The van der Waals surface area contributed by atoms with E-state index in [-0.39, 0.29) is 25.8 Å². The second kappa shape index (κ2) is 56.2. The second-order valence-corrected chi connectivity index (χ2v) is 23.2. The Hall–Kier alpha value is -2.06. The molecule has 1 N–H and O–H groups in total. The lowest BCUT2D eigenvalue weighted by Crippen LogP contribution is -2.37.